The van der Waals surface area contributed by atoms with E-state index in [2.05, 4.69) is 5.16 Å². The largest absolute Gasteiger partial charge is 0.484 e. The Morgan fingerprint density at radius 3 is 2.43 bits per heavy atom. The molecule has 144 valence electrons. The van der Waals surface area contributed by atoms with Gasteiger partial charge in [-0.05, 0) is 24.3 Å². The van der Waals surface area contributed by atoms with Crippen LogP contribution in [-0.2, 0) is 4.79 Å². The highest BCUT2D eigenvalue weighted by Crippen LogP contribution is 2.21. The molecule has 0 unspecified atom stereocenters. The zero-order valence-corrected chi connectivity index (χ0v) is 15.1. The lowest BCUT2D eigenvalue weighted by Crippen LogP contribution is -2.51. The molecular weight excluding hydrogens is 362 g/mol. The number of benzene rings is 1. The third kappa shape index (κ3) is 3.90. The topological polar surface area (TPSA) is 89.0 Å². The van der Waals surface area contributed by atoms with Crippen molar-refractivity contribution in [3.8, 4) is 17.3 Å². The molecule has 0 aliphatic carbocycles. The zero-order chi connectivity index (χ0) is 19.3. The van der Waals surface area contributed by atoms with Gasteiger partial charge in [-0.1, -0.05) is 23.4 Å². The van der Waals surface area contributed by atoms with Crippen LogP contribution in [0.15, 0.2) is 63.7 Å². The molecule has 0 spiro atoms. The van der Waals surface area contributed by atoms with Crippen molar-refractivity contribution in [1.82, 2.24) is 15.0 Å². The minimum atomic E-state index is -0.228. The van der Waals surface area contributed by atoms with Crippen molar-refractivity contribution in [2.24, 2.45) is 0 Å². The van der Waals surface area contributed by atoms with Crippen LogP contribution in [0.4, 0.5) is 0 Å². The maximum atomic E-state index is 12.6. The molecule has 1 aliphatic rings. The van der Waals surface area contributed by atoms with E-state index in [1.54, 1.807) is 40.1 Å². The molecule has 0 N–H and O–H groups in total. The van der Waals surface area contributed by atoms with E-state index < -0.39 is 0 Å². The lowest BCUT2D eigenvalue weighted by atomic mass is 10.2. The molecule has 3 heterocycles. The number of rotatable bonds is 5. The molecule has 28 heavy (non-hydrogen) atoms. The summed E-state index contributed by atoms with van der Waals surface area (Å²) in [6.45, 7) is 1.74. The van der Waals surface area contributed by atoms with Crippen molar-refractivity contribution in [3.05, 3.63) is 60.5 Å². The van der Waals surface area contributed by atoms with E-state index in [-0.39, 0.29) is 24.1 Å². The number of carbonyl (C=O) groups is 2. The number of para-hydroxylation sites is 1. The summed E-state index contributed by atoms with van der Waals surface area (Å²) < 4.78 is 15.9. The predicted octanol–water partition coefficient (Wildman–Crippen LogP) is 2.30. The summed E-state index contributed by atoms with van der Waals surface area (Å²) in [5.74, 6) is 1.25. The van der Waals surface area contributed by atoms with E-state index in [0.29, 0.717) is 43.4 Å². The average Bonchev–Trinajstić information content (AvgIpc) is 3.44. The molecule has 2 aromatic heterocycles. The van der Waals surface area contributed by atoms with Gasteiger partial charge in [-0.25, -0.2) is 0 Å². The van der Waals surface area contributed by atoms with Gasteiger partial charge in [0.25, 0.3) is 11.8 Å². The number of amides is 2. The van der Waals surface area contributed by atoms with Crippen LogP contribution < -0.4 is 4.74 Å². The number of carbonyl (C=O) groups excluding carboxylic acids is 2. The Bertz CT molecular complexity index is 928. The molecule has 0 bridgehead atoms. The Balaban J connectivity index is 1.29. The first-order chi connectivity index (χ1) is 13.7. The quantitative estimate of drug-likeness (QED) is 0.674. The molecular formula is C20H19N3O5. The monoisotopic (exact) mass is 381 g/mol. The summed E-state index contributed by atoms with van der Waals surface area (Å²) in [6, 6.07) is 14.2. The van der Waals surface area contributed by atoms with Gasteiger partial charge in [0.2, 0.25) is 5.76 Å². The summed E-state index contributed by atoms with van der Waals surface area (Å²) in [7, 11) is 0. The Hall–Kier alpha value is -3.55. The van der Waals surface area contributed by atoms with Crippen molar-refractivity contribution >= 4 is 11.8 Å². The number of hydrogen-bond acceptors (Lipinski definition) is 6. The Morgan fingerprint density at radius 2 is 1.71 bits per heavy atom. The van der Waals surface area contributed by atoms with E-state index in [9.17, 15) is 9.59 Å². The predicted molar refractivity (Wildman–Crippen MR) is 98.6 cm³/mol. The molecule has 8 heteroatoms. The fourth-order valence-corrected chi connectivity index (χ4v) is 2.98. The SMILES string of the molecule is O=C(COc1ccccc1)N1CCN(C(=O)c2cc(-c3ccco3)on2)CC1. The van der Waals surface area contributed by atoms with Gasteiger partial charge < -0.3 is 23.5 Å². The van der Waals surface area contributed by atoms with Crippen LogP contribution in [0.5, 0.6) is 5.75 Å². The smallest absolute Gasteiger partial charge is 0.276 e. The van der Waals surface area contributed by atoms with Crippen LogP contribution in [0.1, 0.15) is 10.5 Å². The van der Waals surface area contributed by atoms with Crippen LogP contribution in [0, 0.1) is 0 Å². The van der Waals surface area contributed by atoms with Crippen molar-refractivity contribution < 1.29 is 23.3 Å². The lowest BCUT2D eigenvalue weighted by Gasteiger charge is -2.34. The standard InChI is InChI=1S/C20H19N3O5/c24-19(14-27-15-5-2-1-3-6-15)22-8-10-23(11-9-22)20(25)16-13-18(28-21-16)17-7-4-12-26-17/h1-7,12-13H,8-11,14H2. The van der Waals surface area contributed by atoms with E-state index in [0.717, 1.165) is 0 Å². The third-order valence-corrected chi connectivity index (χ3v) is 4.52. The van der Waals surface area contributed by atoms with Gasteiger partial charge in [-0.2, -0.15) is 0 Å². The van der Waals surface area contributed by atoms with E-state index in [1.807, 2.05) is 18.2 Å². The summed E-state index contributed by atoms with van der Waals surface area (Å²) in [5, 5.41) is 3.84. The molecule has 1 saturated heterocycles. The van der Waals surface area contributed by atoms with Gasteiger partial charge in [-0.15, -0.1) is 0 Å². The van der Waals surface area contributed by atoms with Crippen LogP contribution in [0.2, 0.25) is 0 Å². The van der Waals surface area contributed by atoms with Gasteiger partial charge in [0.05, 0.1) is 6.26 Å². The summed E-state index contributed by atoms with van der Waals surface area (Å²) in [6.07, 6.45) is 1.52. The van der Waals surface area contributed by atoms with Gasteiger partial charge in [0.1, 0.15) is 5.75 Å². The normalized spacial score (nSPS) is 14.1. The molecule has 2 amide bonds. The molecule has 8 nitrogen and oxygen atoms in total. The number of furan rings is 1. The fraction of sp³-hybridized carbons (Fsp3) is 0.250. The molecule has 0 atom stereocenters. The van der Waals surface area contributed by atoms with Gasteiger partial charge in [0.15, 0.2) is 18.1 Å². The average molecular weight is 381 g/mol. The minimum absolute atomic E-state index is 0.0201. The molecule has 0 radical (unpaired) electrons. The van der Waals surface area contributed by atoms with Crippen molar-refractivity contribution in [1.29, 1.82) is 0 Å². The number of aromatic nitrogens is 1. The lowest BCUT2D eigenvalue weighted by molar-refractivity contribution is -0.134. The molecule has 1 aliphatic heterocycles. The second-order valence-corrected chi connectivity index (χ2v) is 6.33. The van der Waals surface area contributed by atoms with Crippen molar-refractivity contribution in [2.75, 3.05) is 32.8 Å². The van der Waals surface area contributed by atoms with Crippen molar-refractivity contribution in [2.45, 2.75) is 0 Å². The molecule has 4 rings (SSSR count). The van der Waals surface area contributed by atoms with Gasteiger partial charge >= 0.3 is 0 Å². The number of nitrogens with zero attached hydrogens (tertiary/aromatic N) is 3. The number of ether oxygens (including phenoxy) is 1. The minimum Gasteiger partial charge on any atom is -0.484 e. The fourth-order valence-electron chi connectivity index (χ4n) is 2.98. The highest BCUT2D eigenvalue weighted by Gasteiger charge is 2.27. The van der Waals surface area contributed by atoms with Crippen LogP contribution >= 0.6 is 0 Å². The Morgan fingerprint density at radius 1 is 0.964 bits per heavy atom. The maximum absolute atomic E-state index is 12.6. The van der Waals surface area contributed by atoms with Gasteiger partial charge in [-0.3, -0.25) is 9.59 Å². The number of piperazine rings is 1. The second-order valence-electron chi connectivity index (χ2n) is 6.33. The highest BCUT2D eigenvalue weighted by atomic mass is 16.5. The molecule has 3 aromatic rings. The Labute approximate surface area is 161 Å². The maximum Gasteiger partial charge on any atom is 0.276 e. The second kappa shape index (κ2) is 7.99. The van der Waals surface area contributed by atoms with Crippen molar-refractivity contribution in [3.63, 3.8) is 0 Å². The van der Waals surface area contributed by atoms with Crippen LogP contribution in [0.3, 0.4) is 0 Å². The van der Waals surface area contributed by atoms with E-state index >= 15 is 0 Å². The first kappa shape index (κ1) is 17.8. The zero-order valence-electron chi connectivity index (χ0n) is 15.1. The van der Waals surface area contributed by atoms with Gasteiger partial charge in [0, 0.05) is 32.2 Å². The third-order valence-electron chi connectivity index (χ3n) is 4.52. The highest BCUT2D eigenvalue weighted by molar-refractivity contribution is 5.93. The van der Waals surface area contributed by atoms with E-state index in [1.165, 1.54) is 6.26 Å². The summed E-state index contributed by atoms with van der Waals surface area (Å²) >= 11 is 0. The van der Waals surface area contributed by atoms with Crippen LogP contribution in [-0.4, -0.2) is 59.6 Å². The molecule has 1 aromatic carbocycles. The number of hydrogen-bond donors (Lipinski definition) is 0. The Kier molecular flexibility index (Phi) is 5.09. The first-order valence-corrected chi connectivity index (χ1v) is 8.96. The molecule has 1 fully saturated rings. The summed E-state index contributed by atoms with van der Waals surface area (Å²) in [5.41, 5.74) is 0.221. The molecule has 0 saturated carbocycles. The first-order valence-electron chi connectivity index (χ1n) is 8.96. The summed E-state index contributed by atoms with van der Waals surface area (Å²) in [4.78, 5) is 28.3. The van der Waals surface area contributed by atoms with E-state index in [4.69, 9.17) is 13.7 Å². The van der Waals surface area contributed by atoms with Crippen LogP contribution in [0.25, 0.3) is 11.5 Å².